The van der Waals surface area contributed by atoms with Crippen LogP contribution in [0.2, 0.25) is 0 Å². The van der Waals surface area contributed by atoms with Gasteiger partial charge in [0, 0.05) is 6.04 Å². The second kappa shape index (κ2) is 6.42. The summed E-state index contributed by atoms with van der Waals surface area (Å²) in [5.41, 5.74) is 9.73. The van der Waals surface area contributed by atoms with E-state index in [-0.39, 0.29) is 12.1 Å². The molecule has 0 aliphatic heterocycles. The molecule has 0 amide bonds. The zero-order chi connectivity index (χ0) is 14.7. The molecule has 0 spiro atoms. The van der Waals surface area contributed by atoms with Crippen LogP contribution in [-0.4, -0.2) is 17.3 Å². The zero-order valence-electron chi connectivity index (χ0n) is 12.3. The van der Waals surface area contributed by atoms with Gasteiger partial charge in [-0.3, -0.25) is 0 Å². The average molecular weight is 281 g/mol. The molecule has 2 aromatic rings. The van der Waals surface area contributed by atoms with E-state index in [1.165, 1.54) is 16.7 Å². The van der Waals surface area contributed by atoms with Crippen LogP contribution in [0.25, 0.3) is 11.1 Å². The Bertz CT molecular complexity index is 564. The van der Waals surface area contributed by atoms with E-state index in [0.717, 1.165) is 25.7 Å². The van der Waals surface area contributed by atoms with Crippen LogP contribution in [0.4, 0.5) is 0 Å². The first-order valence-corrected chi connectivity index (χ1v) is 7.80. The van der Waals surface area contributed by atoms with Crippen LogP contribution in [0.5, 0.6) is 0 Å². The fourth-order valence-electron chi connectivity index (χ4n) is 3.24. The Balaban J connectivity index is 1.65. The first kappa shape index (κ1) is 14.3. The van der Waals surface area contributed by atoms with E-state index in [0.29, 0.717) is 5.92 Å². The van der Waals surface area contributed by atoms with Crippen LogP contribution in [0.3, 0.4) is 0 Å². The molecular formula is C19H23NO. The highest BCUT2D eigenvalue weighted by Gasteiger charge is 2.26. The van der Waals surface area contributed by atoms with Crippen molar-refractivity contribution in [2.75, 3.05) is 0 Å². The SMILES string of the molecule is N[C@H]1CC[C@@H](Cc2ccc(-c3ccccc3)cc2)C[C@@H]1O. The number of nitrogens with two attached hydrogens (primary N) is 1. The molecule has 0 bridgehead atoms. The number of rotatable bonds is 3. The van der Waals surface area contributed by atoms with Crippen molar-refractivity contribution in [2.24, 2.45) is 11.7 Å². The van der Waals surface area contributed by atoms with Crippen molar-refractivity contribution >= 4 is 0 Å². The number of aliphatic hydroxyl groups is 1. The summed E-state index contributed by atoms with van der Waals surface area (Å²) in [4.78, 5) is 0. The molecule has 0 saturated heterocycles. The molecule has 2 aromatic carbocycles. The van der Waals surface area contributed by atoms with Gasteiger partial charge in [-0.2, -0.15) is 0 Å². The maximum atomic E-state index is 9.89. The van der Waals surface area contributed by atoms with Gasteiger partial charge in [-0.15, -0.1) is 0 Å². The molecule has 0 heterocycles. The Hall–Kier alpha value is -1.64. The van der Waals surface area contributed by atoms with Crippen molar-refractivity contribution in [3.05, 3.63) is 60.2 Å². The molecule has 21 heavy (non-hydrogen) atoms. The van der Waals surface area contributed by atoms with Crippen LogP contribution in [-0.2, 0) is 6.42 Å². The molecule has 1 aliphatic carbocycles. The Kier molecular flexibility index (Phi) is 4.37. The lowest BCUT2D eigenvalue weighted by Crippen LogP contribution is -2.40. The van der Waals surface area contributed by atoms with Gasteiger partial charge in [0.05, 0.1) is 6.10 Å². The van der Waals surface area contributed by atoms with E-state index in [4.69, 9.17) is 5.73 Å². The summed E-state index contributed by atoms with van der Waals surface area (Å²) >= 11 is 0. The molecule has 1 fully saturated rings. The van der Waals surface area contributed by atoms with E-state index in [9.17, 15) is 5.11 Å². The minimum Gasteiger partial charge on any atom is -0.392 e. The summed E-state index contributed by atoms with van der Waals surface area (Å²) in [5, 5.41) is 9.89. The maximum absolute atomic E-state index is 9.89. The third-order valence-electron chi connectivity index (χ3n) is 4.56. The molecular weight excluding hydrogens is 258 g/mol. The van der Waals surface area contributed by atoms with Gasteiger partial charge in [-0.25, -0.2) is 0 Å². The van der Waals surface area contributed by atoms with Crippen LogP contribution in [0, 0.1) is 5.92 Å². The first-order valence-electron chi connectivity index (χ1n) is 7.80. The highest BCUT2D eigenvalue weighted by Crippen LogP contribution is 2.28. The fourth-order valence-corrected chi connectivity index (χ4v) is 3.24. The summed E-state index contributed by atoms with van der Waals surface area (Å²) in [7, 11) is 0. The van der Waals surface area contributed by atoms with Crippen molar-refractivity contribution in [2.45, 2.75) is 37.8 Å². The second-order valence-corrected chi connectivity index (χ2v) is 6.18. The Morgan fingerprint density at radius 1 is 0.905 bits per heavy atom. The maximum Gasteiger partial charge on any atom is 0.0693 e. The van der Waals surface area contributed by atoms with E-state index in [2.05, 4.69) is 48.5 Å². The molecule has 3 N–H and O–H groups in total. The number of hydrogen-bond donors (Lipinski definition) is 2. The standard InChI is InChI=1S/C19H23NO/c20-18-11-8-15(13-19(18)21)12-14-6-9-17(10-7-14)16-4-2-1-3-5-16/h1-7,9-10,15,18-19,21H,8,11-13,20H2/t15-,18-,19-/m0/s1. The van der Waals surface area contributed by atoms with Crippen molar-refractivity contribution in [1.82, 2.24) is 0 Å². The Morgan fingerprint density at radius 2 is 1.57 bits per heavy atom. The third kappa shape index (κ3) is 3.52. The highest BCUT2D eigenvalue weighted by molar-refractivity contribution is 5.63. The van der Waals surface area contributed by atoms with Gasteiger partial charge in [0.25, 0.3) is 0 Å². The van der Waals surface area contributed by atoms with Gasteiger partial charge in [-0.1, -0.05) is 54.6 Å². The topological polar surface area (TPSA) is 46.2 Å². The minimum atomic E-state index is -0.327. The van der Waals surface area contributed by atoms with Gasteiger partial charge < -0.3 is 10.8 Å². The Morgan fingerprint density at radius 3 is 2.24 bits per heavy atom. The summed E-state index contributed by atoms with van der Waals surface area (Å²) in [6, 6.07) is 19.2. The molecule has 1 aliphatic rings. The molecule has 0 aromatic heterocycles. The number of hydrogen-bond acceptors (Lipinski definition) is 2. The van der Waals surface area contributed by atoms with E-state index >= 15 is 0 Å². The molecule has 0 unspecified atom stereocenters. The van der Waals surface area contributed by atoms with Crippen LogP contribution in [0.15, 0.2) is 54.6 Å². The minimum absolute atomic E-state index is 0.0262. The van der Waals surface area contributed by atoms with Crippen LogP contribution >= 0.6 is 0 Å². The summed E-state index contributed by atoms with van der Waals surface area (Å²) in [6.07, 6.45) is 3.61. The van der Waals surface area contributed by atoms with Crippen LogP contribution < -0.4 is 5.73 Å². The molecule has 0 radical (unpaired) electrons. The van der Waals surface area contributed by atoms with Crippen molar-refractivity contribution in [3.63, 3.8) is 0 Å². The Labute approximate surface area is 126 Å². The highest BCUT2D eigenvalue weighted by atomic mass is 16.3. The number of benzene rings is 2. The molecule has 3 atom stereocenters. The van der Waals surface area contributed by atoms with E-state index in [1.54, 1.807) is 0 Å². The van der Waals surface area contributed by atoms with Crippen LogP contribution in [0.1, 0.15) is 24.8 Å². The largest absolute Gasteiger partial charge is 0.392 e. The van der Waals surface area contributed by atoms with Gasteiger partial charge in [0.15, 0.2) is 0 Å². The van der Waals surface area contributed by atoms with Crippen molar-refractivity contribution in [3.8, 4) is 11.1 Å². The summed E-state index contributed by atoms with van der Waals surface area (Å²) < 4.78 is 0. The molecule has 2 heteroatoms. The lowest BCUT2D eigenvalue weighted by atomic mass is 9.81. The molecule has 1 saturated carbocycles. The predicted octanol–water partition coefficient (Wildman–Crippen LogP) is 3.38. The molecule has 110 valence electrons. The van der Waals surface area contributed by atoms with Crippen molar-refractivity contribution < 1.29 is 5.11 Å². The summed E-state index contributed by atoms with van der Waals surface area (Å²) in [5.74, 6) is 0.558. The van der Waals surface area contributed by atoms with Crippen molar-refractivity contribution in [1.29, 1.82) is 0 Å². The quantitative estimate of drug-likeness (QED) is 0.906. The first-order chi connectivity index (χ1) is 10.2. The smallest absolute Gasteiger partial charge is 0.0693 e. The lowest BCUT2D eigenvalue weighted by Gasteiger charge is -2.30. The lowest BCUT2D eigenvalue weighted by molar-refractivity contribution is 0.0809. The van der Waals surface area contributed by atoms with E-state index < -0.39 is 0 Å². The summed E-state index contributed by atoms with van der Waals surface area (Å²) in [6.45, 7) is 0. The number of aliphatic hydroxyl groups excluding tert-OH is 1. The third-order valence-corrected chi connectivity index (χ3v) is 4.56. The van der Waals surface area contributed by atoms with Gasteiger partial charge >= 0.3 is 0 Å². The van der Waals surface area contributed by atoms with Gasteiger partial charge in [0.1, 0.15) is 0 Å². The molecule has 3 rings (SSSR count). The average Bonchev–Trinajstić information content (AvgIpc) is 2.53. The van der Waals surface area contributed by atoms with Gasteiger partial charge in [-0.05, 0) is 48.3 Å². The molecule has 2 nitrogen and oxygen atoms in total. The fraction of sp³-hybridized carbons (Fsp3) is 0.368. The zero-order valence-corrected chi connectivity index (χ0v) is 12.3. The normalized spacial score (nSPS) is 25.7. The van der Waals surface area contributed by atoms with E-state index in [1.807, 2.05) is 6.07 Å². The predicted molar refractivity (Wildman–Crippen MR) is 86.9 cm³/mol. The monoisotopic (exact) mass is 281 g/mol. The second-order valence-electron chi connectivity index (χ2n) is 6.18. The van der Waals surface area contributed by atoms with Gasteiger partial charge in [0.2, 0.25) is 0 Å².